The van der Waals surface area contributed by atoms with E-state index >= 15 is 0 Å². The number of pyridine rings is 1. The van der Waals surface area contributed by atoms with Crippen molar-refractivity contribution in [2.45, 2.75) is 45.7 Å². The Morgan fingerprint density at radius 3 is 2.57 bits per heavy atom. The van der Waals surface area contributed by atoms with Gasteiger partial charge in [-0.25, -0.2) is 0 Å². The van der Waals surface area contributed by atoms with Gasteiger partial charge in [-0.15, -0.1) is 0 Å². The number of hydrogen-bond acceptors (Lipinski definition) is 2. The van der Waals surface area contributed by atoms with Gasteiger partial charge in [0.2, 0.25) is 0 Å². The summed E-state index contributed by atoms with van der Waals surface area (Å²) in [7, 11) is 0. The Hall–Kier alpha value is -1.87. The highest BCUT2D eigenvalue weighted by Gasteiger charge is 2.13. The minimum absolute atomic E-state index is 0.0372. The molecule has 0 atom stereocenters. The van der Waals surface area contributed by atoms with Crippen molar-refractivity contribution in [2.75, 3.05) is 0 Å². The van der Waals surface area contributed by atoms with Gasteiger partial charge in [-0.05, 0) is 61.4 Å². The molecule has 21 heavy (non-hydrogen) atoms. The summed E-state index contributed by atoms with van der Waals surface area (Å²) in [4.78, 5) is 12.4. The first-order chi connectivity index (χ1) is 10.2. The molecule has 2 N–H and O–H groups in total. The van der Waals surface area contributed by atoms with Crippen molar-refractivity contribution in [3.05, 3.63) is 57.4 Å². The smallest absolute Gasteiger partial charge is 0.255 e. The van der Waals surface area contributed by atoms with E-state index in [2.05, 4.69) is 18.2 Å². The Bertz CT molecular complexity index is 716. The topological polar surface area (TPSA) is 48.0 Å². The fourth-order valence-electron chi connectivity index (χ4n) is 3.24. The van der Waals surface area contributed by atoms with E-state index in [0.717, 1.165) is 17.7 Å². The molecule has 1 aromatic carbocycles. The summed E-state index contributed by atoms with van der Waals surface area (Å²) in [6.45, 7) is 2.96. The van der Waals surface area contributed by atoms with Crippen LogP contribution in [0.3, 0.4) is 0 Å². The van der Waals surface area contributed by atoms with Crippen LogP contribution in [0, 0.1) is 0 Å². The molecular weight excluding hydrogens is 260 g/mol. The lowest BCUT2D eigenvalue weighted by Gasteiger charge is -2.18. The molecule has 0 saturated heterocycles. The molecule has 0 fully saturated rings. The fraction of sp³-hybridized carbons (Fsp3) is 0.389. The van der Waals surface area contributed by atoms with Crippen molar-refractivity contribution in [3.8, 4) is 11.3 Å². The molecule has 0 radical (unpaired) electrons. The number of benzene rings is 1. The van der Waals surface area contributed by atoms with Gasteiger partial charge in [-0.3, -0.25) is 4.79 Å². The van der Waals surface area contributed by atoms with Gasteiger partial charge in [0.1, 0.15) is 0 Å². The number of rotatable bonds is 3. The zero-order valence-corrected chi connectivity index (χ0v) is 12.6. The van der Waals surface area contributed by atoms with Gasteiger partial charge < -0.3 is 10.3 Å². The van der Waals surface area contributed by atoms with Crippen molar-refractivity contribution < 1.29 is 0 Å². The Morgan fingerprint density at radius 2 is 1.86 bits per heavy atom. The van der Waals surface area contributed by atoms with Gasteiger partial charge in [0.05, 0.1) is 5.69 Å². The molecule has 0 unspecified atom stereocenters. The Morgan fingerprint density at radius 1 is 1.10 bits per heavy atom. The van der Waals surface area contributed by atoms with Gasteiger partial charge in [0, 0.05) is 18.7 Å². The quantitative estimate of drug-likeness (QED) is 0.941. The standard InChI is InChI=1S/C18H22N2O/c1-2-20-17(10-9-16(12-19)18(20)21)15-8-7-13-5-3-4-6-14(13)11-15/h7-11H,2-6,12,19H2,1H3. The summed E-state index contributed by atoms with van der Waals surface area (Å²) in [6.07, 6.45) is 4.89. The maximum atomic E-state index is 12.4. The van der Waals surface area contributed by atoms with Crippen LogP contribution in [0.5, 0.6) is 0 Å². The van der Waals surface area contributed by atoms with E-state index < -0.39 is 0 Å². The van der Waals surface area contributed by atoms with Crippen LogP contribution < -0.4 is 11.3 Å². The van der Waals surface area contributed by atoms with E-state index in [1.165, 1.54) is 30.4 Å². The van der Waals surface area contributed by atoms with Gasteiger partial charge >= 0.3 is 0 Å². The van der Waals surface area contributed by atoms with E-state index in [1.54, 1.807) is 0 Å². The van der Waals surface area contributed by atoms with E-state index in [9.17, 15) is 4.79 Å². The normalized spacial score (nSPS) is 14.0. The number of aromatic nitrogens is 1. The zero-order chi connectivity index (χ0) is 14.8. The molecule has 3 rings (SSSR count). The molecule has 3 nitrogen and oxygen atoms in total. The minimum atomic E-state index is 0.0372. The molecule has 1 aliphatic rings. The Labute approximate surface area is 125 Å². The third-order valence-electron chi connectivity index (χ3n) is 4.43. The molecule has 110 valence electrons. The summed E-state index contributed by atoms with van der Waals surface area (Å²) >= 11 is 0. The fourth-order valence-corrected chi connectivity index (χ4v) is 3.24. The maximum Gasteiger partial charge on any atom is 0.255 e. The van der Waals surface area contributed by atoms with Gasteiger partial charge in [-0.1, -0.05) is 18.2 Å². The van der Waals surface area contributed by atoms with E-state index in [-0.39, 0.29) is 5.56 Å². The molecule has 0 bridgehead atoms. The number of fused-ring (bicyclic) bond motifs is 1. The third kappa shape index (κ3) is 2.54. The van der Waals surface area contributed by atoms with Crippen molar-refractivity contribution in [1.82, 2.24) is 4.57 Å². The van der Waals surface area contributed by atoms with Crippen molar-refractivity contribution in [2.24, 2.45) is 5.73 Å². The highest BCUT2D eigenvalue weighted by atomic mass is 16.1. The van der Waals surface area contributed by atoms with Gasteiger partial charge in [0.25, 0.3) is 5.56 Å². The molecule has 1 aliphatic carbocycles. The van der Waals surface area contributed by atoms with Crippen molar-refractivity contribution in [1.29, 1.82) is 0 Å². The molecule has 1 aromatic heterocycles. The van der Waals surface area contributed by atoms with E-state index in [4.69, 9.17) is 5.73 Å². The lowest BCUT2D eigenvalue weighted by atomic mass is 9.90. The van der Waals surface area contributed by atoms with Crippen LogP contribution in [0.2, 0.25) is 0 Å². The van der Waals surface area contributed by atoms with Crippen molar-refractivity contribution >= 4 is 0 Å². The molecule has 0 spiro atoms. The first-order valence-electron chi connectivity index (χ1n) is 7.79. The predicted octanol–water partition coefficient (Wildman–Crippen LogP) is 2.87. The monoisotopic (exact) mass is 282 g/mol. The summed E-state index contributed by atoms with van der Waals surface area (Å²) in [6, 6.07) is 10.5. The molecule has 0 amide bonds. The first-order valence-corrected chi connectivity index (χ1v) is 7.79. The second-order valence-electron chi connectivity index (χ2n) is 5.69. The second-order valence-corrected chi connectivity index (χ2v) is 5.69. The van der Waals surface area contributed by atoms with Crippen molar-refractivity contribution in [3.63, 3.8) is 0 Å². The van der Waals surface area contributed by atoms with Crippen LogP contribution >= 0.6 is 0 Å². The number of hydrogen-bond donors (Lipinski definition) is 1. The molecule has 2 aromatic rings. The minimum Gasteiger partial charge on any atom is -0.326 e. The van der Waals surface area contributed by atoms with Crippen LogP contribution in [0.4, 0.5) is 0 Å². The van der Waals surface area contributed by atoms with Crippen LogP contribution in [0.1, 0.15) is 36.5 Å². The maximum absolute atomic E-state index is 12.4. The number of aryl methyl sites for hydroxylation is 2. The lowest BCUT2D eigenvalue weighted by molar-refractivity contribution is 0.685. The molecule has 0 saturated carbocycles. The molecule has 3 heteroatoms. The average molecular weight is 282 g/mol. The summed E-state index contributed by atoms with van der Waals surface area (Å²) in [5.41, 5.74) is 11.4. The number of nitrogens with two attached hydrogens (primary N) is 1. The summed E-state index contributed by atoms with van der Waals surface area (Å²) in [5, 5.41) is 0. The zero-order valence-electron chi connectivity index (χ0n) is 12.6. The lowest BCUT2D eigenvalue weighted by Crippen LogP contribution is -2.25. The molecule has 1 heterocycles. The average Bonchev–Trinajstić information content (AvgIpc) is 2.54. The Kier molecular flexibility index (Phi) is 3.93. The van der Waals surface area contributed by atoms with Crippen LogP contribution in [-0.4, -0.2) is 4.57 Å². The van der Waals surface area contributed by atoms with Crippen LogP contribution in [0.25, 0.3) is 11.3 Å². The largest absolute Gasteiger partial charge is 0.326 e. The van der Waals surface area contributed by atoms with E-state index in [0.29, 0.717) is 18.7 Å². The van der Waals surface area contributed by atoms with E-state index in [1.807, 2.05) is 23.6 Å². The third-order valence-corrected chi connectivity index (χ3v) is 4.43. The number of nitrogens with zero attached hydrogens (tertiary/aromatic N) is 1. The highest BCUT2D eigenvalue weighted by Crippen LogP contribution is 2.27. The second kappa shape index (κ2) is 5.86. The highest BCUT2D eigenvalue weighted by molar-refractivity contribution is 5.62. The molecular formula is C18H22N2O. The molecule has 0 aliphatic heterocycles. The predicted molar refractivity (Wildman–Crippen MR) is 86.3 cm³/mol. The van der Waals surface area contributed by atoms with Crippen LogP contribution in [0.15, 0.2) is 35.1 Å². The first kappa shape index (κ1) is 14.1. The SMILES string of the molecule is CCn1c(-c2ccc3c(c2)CCCC3)ccc(CN)c1=O. The Balaban J connectivity index is 2.12. The van der Waals surface area contributed by atoms with Gasteiger partial charge in [0.15, 0.2) is 0 Å². The van der Waals surface area contributed by atoms with Gasteiger partial charge in [-0.2, -0.15) is 0 Å². The summed E-state index contributed by atoms with van der Waals surface area (Å²) < 4.78 is 1.83. The summed E-state index contributed by atoms with van der Waals surface area (Å²) in [5.74, 6) is 0. The van der Waals surface area contributed by atoms with Crippen LogP contribution in [-0.2, 0) is 25.9 Å².